The summed E-state index contributed by atoms with van der Waals surface area (Å²) in [6, 6.07) is 5.58. The second-order valence-electron chi connectivity index (χ2n) is 5.54. The smallest absolute Gasteiger partial charge is 0.238 e. The SMILES string of the molecule is Cc1ccc(NC(=O)CN(C)CCC(C)C)cc1N. The van der Waals surface area contributed by atoms with E-state index >= 15 is 0 Å². The number of anilines is 2. The first kappa shape index (κ1) is 15.5. The third-order valence-corrected chi connectivity index (χ3v) is 3.06. The van der Waals surface area contributed by atoms with E-state index in [-0.39, 0.29) is 5.91 Å². The van der Waals surface area contributed by atoms with Crippen molar-refractivity contribution in [1.82, 2.24) is 4.90 Å². The summed E-state index contributed by atoms with van der Waals surface area (Å²) < 4.78 is 0. The van der Waals surface area contributed by atoms with Crippen LogP contribution in [0.2, 0.25) is 0 Å². The van der Waals surface area contributed by atoms with E-state index in [2.05, 4.69) is 19.2 Å². The quantitative estimate of drug-likeness (QED) is 0.775. The van der Waals surface area contributed by atoms with Gasteiger partial charge in [-0.2, -0.15) is 0 Å². The topological polar surface area (TPSA) is 58.4 Å². The second-order valence-corrected chi connectivity index (χ2v) is 5.54. The van der Waals surface area contributed by atoms with E-state index in [0.717, 1.165) is 24.2 Å². The molecule has 0 bridgehead atoms. The Kier molecular flexibility index (Phi) is 5.83. The summed E-state index contributed by atoms with van der Waals surface area (Å²) in [7, 11) is 1.96. The third-order valence-electron chi connectivity index (χ3n) is 3.06. The van der Waals surface area contributed by atoms with Crippen LogP contribution in [0.4, 0.5) is 11.4 Å². The van der Waals surface area contributed by atoms with Gasteiger partial charge in [0.2, 0.25) is 5.91 Å². The van der Waals surface area contributed by atoms with Crippen LogP contribution in [-0.4, -0.2) is 30.9 Å². The van der Waals surface area contributed by atoms with Gasteiger partial charge in [0, 0.05) is 11.4 Å². The Labute approximate surface area is 116 Å². The monoisotopic (exact) mass is 263 g/mol. The number of nitrogen functional groups attached to an aromatic ring is 1. The molecule has 0 saturated carbocycles. The first-order chi connectivity index (χ1) is 8.88. The molecule has 0 atom stereocenters. The molecule has 0 aliphatic rings. The highest BCUT2D eigenvalue weighted by Gasteiger charge is 2.08. The number of rotatable bonds is 6. The summed E-state index contributed by atoms with van der Waals surface area (Å²) in [5.41, 5.74) is 8.29. The highest BCUT2D eigenvalue weighted by molar-refractivity contribution is 5.92. The van der Waals surface area contributed by atoms with Crippen LogP contribution in [0.25, 0.3) is 0 Å². The van der Waals surface area contributed by atoms with Crippen LogP contribution >= 0.6 is 0 Å². The summed E-state index contributed by atoms with van der Waals surface area (Å²) in [5, 5.41) is 2.87. The van der Waals surface area contributed by atoms with Crippen LogP contribution in [-0.2, 0) is 4.79 Å². The Bertz CT molecular complexity index is 429. The molecule has 1 amide bonds. The van der Waals surface area contributed by atoms with Gasteiger partial charge in [0.1, 0.15) is 0 Å². The molecule has 0 spiro atoms. The number of likely N-dealkylation sites (N-methyl/N-ethyl adjacent to an activating group) is 1. The van der Waals surface area contributed by atoms with Crippen LogP contribution < -0.4 is 11.1 Å². The van der Waals surface area contributed by atoms with E-state index in [1.165, 1.54) is 0 Å². The number of aryl methyl sites for hydroxylation is 1. The van der Waals surface area contributed by atoms with E-state index < -0.39 is 0 Å². The van der Waals surface area contributed by atoms with Crippen LogP contribution in [0.1, 0.15) is 25.8 Å². The number of nitrogens with one attached hydrogen (secondary N) is 1. The van der Waals surface area contributed by atoms with E-state index in [0.29, 0.717) is 18.2 Å². The minimum atomic E-state index is -0.00508. The minimum Gasteiger partial charge on any atom is -0.398 e. The van der Waals surface area contributed by atoms with Gasteiger partial charge in [-0.1, -0.05) is 19.9 Å². The van der Waals surface area contributed by atoms with Crippen molar-refractivity contribution < 1.29 is 4.79 Å². The molecular weight excluding hydrogens is 238 g/mol. The molecule has 0 aliphatic heterocycles. The fourth-order valence-electron chi connectivity index (χ4n) is 1.72. The molecule has 106 valence electrons. The van der Waals surface area contributed by atoms with Gasteiger partial charge < -0.3 is 11.1 Å². The molecule has 0 aliphatic carbocycles. The fraction of sp³-hybridized carbons (Fsp3) is 0.533. The molecular formula is C15H25N3O. The maximum absolute atomic E-state index is 11.9. The van der Waals surface area contributed by atoms with Crippen molar-refractivity contribution >= 4 is 17.3 Å². The zero-order valence-corrected chi connectivity index (χ0v) is 12.4. The summed E-state index contributed by atoms with van der Waals surface area (Å²) in [6.45, 7) is 7.65. The van der Waals surface area contributed by atoms with Crippen molar-refractivity contribution in [1.29, 1.82) is 0 Å². The lowest BCUT2D eigenvalue weighted by Crippen LogP contribution is -2.31. The van der Waals surface area contributed by atoms with Gasteiger partial charge in [-0.3, -0.25) is 9.69 Å². The van der Waals surface area contributed by atoms with E-state index in [1.54, 1.807) is 6.07 Å². The van der Waals surface area contributed by atoms with Crippen LogP contribution in [0.3, 0.4) is 0 Å². The van der Waals surface area contributed by atoms with Crippen molar-refractivity contribution in [2.45, 2.75) is 27.2 Å². The highest BCUT2D eigenvalue weighted by Crippen LogP contribution is 2.16. The van der Waals surface area contributed by atoms with Gasteiger partial charge >= 0.3 is 0 Å². The van der Waals surface area contributed by atoms with Crippen LogP contribution in [0, 0.1) is 12.8 Å². The number of nitrogens with two attached hydrogens (primary N) is 1. The summed E-state index contributed by atoms with van der Waals surface area (Å²) in [6.07, 6.45) is 1.10. The molecule has 0 aromatic heterocycles. The lowest BCUT2D eigenvalue weighted by atomic mass is 10.1. The Morgan fingerprint density at radius 3 is 2.68 bits per heavy atom. The molecule has 0 unspecified atom stereocenters. The van der Waals surface area contributed by atoms with Crippen molar-refractivity contribution in [3.8, 4) is 0 Å². The number of amides is 1. The summed E-state index contributed by atoms with van der Waals surface area (Å²) in [5.74, 6) is 0.650. The van der Waals surface area contributed by atoms with Crippen molar-refractivity contribution in [3.05, 3.63) is 23.8 Å². The largest absolute Gasteiger partial charge is 0.398 e. The number of hydrogen-bond acceptors (Lipinski definition) is 3. The average Bonchev–Trinajstić information content (AvgIpc) is 2.31. The van der Waals surface area contributed by atoms with E-state index in [9.17, 15) is 4.79 Å². The van der Waals surface area contributed by atoms with Gasteiger partial charge in [-0.05, 0) is 50.6 Å². The molecule has 0 radical (unpaired) electrons. The molecule has 0 saturated heterocycles. The number of carbonyl (C=O) groups excluding carboxylic acids is 1. The summed E-state index contributed by atoms with van der Waals surface area (Å²) >= 11 is 0. The van der Waals surface area contributed by atoms with Crippen molar-refractivity contribution in [2.75, 3.05) is 31.2 Å². The van der Waals surface area contributed by atoms with Crippen LogP contribution in [0.5, 0.6) is 0 Å². The molecule has 3 N–H and O–H groups in total. The highest BCUT2D eigenvalue weighted by atomic mass is 16.2. The number of nitrogens with zero attached hydrogens (tertiary/aromatic N) is 1. The van der Waals surface area contributed by atoms with Gasteiger partial charge in [0.05, 0.1) is 6.54 Å². The van der Waals surface area contributed by atoms with Gasteiger partial charge in [-0.25, -0.2) is 0 Å². The maximum Gasteiger partial charge on any atom is 0.238 e. The molecule has 19 heavy (non-hydrogen) atoms. The number of hydrogen-bond donors (Lipinski definition) is 2. The zero-order chi connectivity index (χ0) is 14.4. The first-order valence-corrected chi connectivity index (χ1v) is 6.73. The molecule has 4 nitrogen and oxygen atoms in total. The van der Waals surface area contributed by atoms with Gasteiger partial charge in [-0.15, -0.1) is 0 Å². The average molecular weight is 263 g/mol. The third kappa shape index (κ3) is 5.75. The Hall–Kier alpha value is -1.55. The molecule has 1 aromatic rings. The van der Waals surface area contributed by atoms with Crippen molar-refractivity contribution in [2.24, 2.45) is 5.92 Å². The predicted octanol–water partition coefficient (Wildman–Crippen LogP) is 2.49. The van der Waals surface area contributed by atoms with Gasteiger partial charge in [0.25, 0.3) is 0 Å². The van der Waals surface area contributed by atoms with Crippen LogP contribution in [0.15, 0.2) is 18.2 Å². The van der Waals surface area contributed by atoms with Crippen molar-refractivity contribution in [3.63, 3.8) is 0 Å². The Morgan fingerprint density at radius 2 is 2.11 bits per heavy atom. The predicted molar refractivity (Wildman–Crippen MR) is 81.2 cm³/mol. The molecule has 1 rings (SSSR count). The molecule has 0 heterocycles. The maximum atomic E-state index is 11.9. The standard InChI is InChI=1S/C15H25N3O/c1-11(2)7-8-18(4)10-15(19)17-13-6-5-12(3)14(16)9-13/h5-6,9,11H,7-8,10,16H2,1-4H3,(H,17,19). The minimum absolute atomic E-state index is 0.00508. The first-order valence-electron chi connectivity index (χ1n) is 6.73. The lowest BCUT2D eigenvalue weighted by molar-refractivity contribution is -0.117. The van der Waals surface area contributed by atoms with Gasteiger partial charge in [0.15, 0.2) is 0 Å². The van der Waals surface area contributed by atoms with E-state index in [1.807, 2.05) is 31.0 Å². The normalized spacial score (nSPS) is 11.1. The molecule has 0 fully saturated rings. The second kappa shape index (κ2) is 7.14. The summed E-state index contributed by atoms with van der Waals surface area (Å²) in [4.78, 5) is 13.9. The molecule has 1 aromatic carbocycles. The Balaban J connectivity index is 2.44. The molecule has 4 heteroatoms. The Morgan fingerprint density at radius 1 is 1.42 bits per heavy atom. The lowest BCUT2D eigenvalue weighted by Gasteiger charge is -2.17. The zero-order valence-electron chi connectivity index (χ0n) is 12.4. The number of carbonyl (C=O) groups is 1. The number of benzene rings is 1. The van der Waals surface area contributed by atoms with E-state index in [4.69, 9.17) is 5.73 Å². The fourth-order valence-corrected chi connectivity index (χ4v) is 1.72.